The van der Waals surface area contributed by atoms with Crippen molar-refractivity contribution in [1.82, 2.24) is 10.3 Å². The van der Waals surface area contributed by atoms with Gasteiger partial charge in [0.05, 0.1) is 18.0 Å². The van der Waals surface area contributed by atoms with Crippen LogP contribution in [-0.4, -0.2) is 36.4 Å². The molecule has 0 radical (unpaired) electrons. The van der Waals surface area contributed by atoms with E-state index >= 15 is 0 Å². The van der Waals surface area contributed by atoms with Gasteiger partial charge < -0.3 is 10.1 Å². The predicted molar refractivity (Wildman–Crippen MR) is 98.7 cm³/mol. The van der Waals surface area contributed by atoms with Gasteiger partial charge in [-0.1, -0.05) is 18.2 Å². The molecule has 1 aromatic heterocycles. The maximum atomic E-state index is 11.3. The first-order valence-electron chi connectivity index (χ1n) is 8.77. The van der Waals surface area contributed by atoms with Crippen LogP contribution in [0.3, 0.4) is 0 Å². The number of piperidine rings is 1. The summed E-state index contributed by atoms with van der Waals surface area (Å²) in [7, 11) is 0. The van der Waals surface area contributed by atoms with E-state index < -0.39 is 0 Å². The van der Waals surface area contributed by atoms with E-state index in [1.807, 2.05) is 44.2 Å². The van der Waals surface area contributed by atoms with Gasteiger partial charge >= 0.3 is 5.97 Å². The second-order valence-electron chi connectivity index (χ2n) is 6.17. The topological polar surface area (TPSA) is 68.3 Å². The number of aromatic nitrogens is 1. The molecule has 5 nitrogen and oxygen atoms in total. The third-order valence-corrected chi connectivity index (χ3v) is 4.21. The first kappa shape index (κ1) is 19.1. The Morgan fingerprint density at radius 1 is 1.32 bits per heavy atom. The van der Waals surface area contributed by atoms with Gasteiger partial charge in [-0.05, 0) is 52.3 Å². The van der Waals surface area contributed by atoms with E-state index in [0.29, 0.717) is 12.2 Å². The van der Waals surface area contributed by atoms with Crippen molar-refractivity contribution in [2.45, 2.75) is 33.6 Å². The minimum absolute atomic E-state index is 0.0419. The lowest BCUT2D eigenvalue weighted by molar-refractivity contribution is -0.148. The molecule has 1 unspecified atom stereocenters. The fourth-order valence-electron chi connectivity index (χ4n) is 2.88. The van der Waals surface area contributed by atoms with E-state index in [2.05, 4.69) is 10.3 Å². The fraction of sp³-hybridized carbons (Fsp3) is 0.450. The summed E-state index contributed by atoms with van der Waals surface area (Å²) in [4.78, 5) is 26.8. The molecule has 1 fully saturated rings. The van der Waals surface area contributed by atoms with E-state index in [1.165, 1.54) is 0 Å². The number of benzene rings is 1. The summed E-state index contributed by atoms with van der Waals surface area (Å²) < 4.78 is 4.90. The number of carbonyl (C=O) groups excluding carboxylic acids is 2. The number of nitrogens with one attached hydrogen (secondary N) is 1. The summed E-state index contributed by atoms with van der Waals surface area (Å²) in [6.07, 6.45) is 2.06. The highest BCUT2D eigenvalue weighted by atomic mass is 16.5. The molecule has 3 rings (SSSR count). The zero-order valence-corrected chi connectivity index (χ0v) is 15.2. The van der Waals surface area contributed by atoms with Gasteiger partial charge in [-0.3, -0.25) is 14.6 Å². The Balaban J connectivity index is 0.000000186. The van der Waals surface area contributed by atoms with Gasteiger partial charge in [0.2, 0.25) is 0 Å². The number of nitrogens with zero attached hydrogens (tertiary/aromatic N) is 1. The lowest BCUT2D eigenvalue weighted by atomic mass is 10.0. The Kier molecular flexibility index (Phi) is 7.07. The SMILES string of the molecule is CC(=O)c1cc2ccccc2nc1C.CCOC(=O)C1CCCNC1. The van der Waals surface area contributed by atoms with Crippen LogP contribution in [0, 0.1) is 12.8 Å². The molecule has 1 aliphatic rings. The Hall–Kier alpha value is -2.27. The Labute approximate surface area is 148 Å². The average Bonchev–Trinajstić information content (AvgIpc) is 2.62. The van der Waals surface area contributed by atoms with Gasteiger partial charge in [-0.15, -0.1) is 0 Å². The number of hydrogen-bond donors (Lipinski definition) is 1. The summed E-state index contributed by atoms with van der Waals surface area (Å²) >= 11 is 0. The van der Waals surface area contributed by atoms with E-state index in [1.54, 1.807) is 6.92 Å². The molecule has 1 aliphatic heterocycles. The molecule has 0 amide bonds. The van der Waals surface area contributed by atoms with Crippen molar-refractivity contribution in [1.29, 1.82) is 0 Å². The summed E-state index contributed by atoms with van der Waals surface area (Å²) in [5, 5.41) is 4.19. The van der Waals surface area contributed by atoms with Crippen molar-refractivity contribution in [3.63, 3.8) is 0 Å². The van der Waals surface area contributed by atoms with Gasteiger partial charge in [0, 0.05) is 23.2 Å². The average molecular weight is 342 g/mol. The van der Waals surface area contributed by atoms with Crippen LogP contribution >= 0.6 is 0 Å². The number of Topliss-reactive ketones (excluding diaryl/α,β-unsaturated/α-hetero) is 1. The number of pyridine rings is 1. The molecule has 5 heteroatoms. The summed E-state index contributed by atoms with van der Waals surface area (Å²) in [6.45, 7) is 7.60. The van der Waals surface area contributed by atoms with E-state index in [0.717, 1.165) is 42.5 Å². The number of ether oxygens (including phenoxy) is 1. The molecule has 1 atom stereocenters. The quantitative estimate of drug-likeness (QED) is 0.685. The van der Waals surface area contributed by atoms with Crippen LogP contribution in [-0.2, 0) is 9.53 Å². The van der Waals surface area contributed by atoms with Crippen molar-refractivity contribution < 1.29 is 14.3 Å². The number of fused-ring (bicyclic) bond motifs is 1. The van der Waals surface area contributed by atoms with Crippen molar-refractivity contribution in [2.75, 3.05) is 19.7 Å². The highest BCUT2D eigenvalue weighted by Gasteiger charge is 2.21. The number of esters is 1. The normalized spacial score (nSPS) is 16.7. The van der Waals surface area contributed by atoms with Crippen LogP contribution in [0.4, 0.5) is 0 Å². The first-order chi connectivity index (χ1) is 12.0. The number of rotatable bonds is 3. The van der Waals surface area contributed by atoms with Crippen molar-refractivity contribution in [3.05, 3.63) is 41.6 Å². The van der Waals surface area contributed by atoms with Crippen LogP contribution in [0.5, 0.6) is 0 Å². The van der Waals surface area contributed by atoms with E-state index in [9.17, 15) is 9.59 Å². The molecule has 25 heavy (non-hydrogen) atoms. The first-order valence-corrected chi connectivity index (χ1v) is 8.77. The summed E-state index contributed by atoms with van der Waals surface area (Å²) in [5.74, 6) is 0.129. The molecule has 1 aromatic carbocycles. The highest BCUT2D eigenvalue weighted by molar-refractivity contribution is 5.98. The molecule has 0 bridgehead atoms. The van der Waals surface area contributed by atoms with Crippen molar-refractivity contribution >= 4 is 22.7 Å². The molecular weight excluding hydrogens is 316 g/mol. The van der Waals surface area contributed by atoms with E-state index in [-0.39, 0.29) is 17.7 Å². The largest absolute Gasteiger partial charge is 0.466 e. The number of hydrogen-bond acceptors (Lipinski definition) is 5. The lowest BCUT2D eigenvalue weighted by Gasteiger charge is -2.20. The maximum absolute atomic E-state index is 11.3. The molecule has 2 aromatic rings. The molecule has 1 saturated heterocycles. The van der Waals surface area contributed by atoms with Crippen LogP contribution in [0.1, 0.15) is 42.7 Å². The standard InChI is InChI=1S/C12H11NO.C8H15NO2/c1-8-11(9(2)14)7-10-5-3-4-6-12(10)13-8;1-2-11-8(10)7-4-3-5-9-6-7/h3-7H,1-2H3;7,9H,2-6H2,1H3. The summed E-state index contributed by atoms with van der Waals surface area (Å²) in [5.41, 5.74) is 2.45. The van der Waals surface area contributed by atoms with Crippen molar-refractivity contribution in [2.24, 2.45) is 5.92 Å². The lowest BCUT2D eigenvalue weighted by Crippen LogP contribution is -2.35. The fourth-order valence-corrected chi connectivity index (χ4v) is 2.88. The number of para-hydroxylation sites is 1. The molecule has 134 valence electrons. The van der Waals surface area contributed by atoms with Crippen LogP contribution in [0.25, 0.3) is 10.9 Å². The summed E-state index contributed by atoms with van der Waals surface area (Å²) in [6, 6.07) is 9.71. The molecule has 0 spiro atoms. The molecule has 1 N–H and O–H groups in total. The third-order valence-electron chi connectivity index (χ3n) is 4.21. The highest BCUT2D eigenvalue weighted by Crippen LogP contribution is 2.16. The minimum Gasteiger partial charge on any atom is -0.466 e. The second kappa shape index (κ2) is 9.28. The number of ketones is 1. The second-order valence-corrected chi connectivity index (χ2v) is 6.17. The molecular formula is C20H26N2O3. The monoisotopic (exact) mass is 342 g/mol. The predicted octanol–water partition coefficient (Wildman–Crippen LogP) is 3.29. The zero-order valence-electron chi connectivity index (χ0n) is 15.2. The van der Waals surface area contributed by atoms with E-state index in [4.69, 9.17) is 4.74 Å². The van der Waals surface area contributed by atoms with Gasteiger partial charge in [0.15, 0.2) is 5.78 Å². The van der Waals surface area contributed by atoms with Gasteiger partial charge in [-0.2, -0.15) is 0 Å². The molecule has 0 saturated carbocycles. The van der Waals surface area contributed by atoms with Gasteiger partial charge in [-0.25, -0.2) is 0 Å². The Bertz CT molecular complexity index is 737. The van der Waals surface area contributed by atoms with Crippen LogP contribution in [0.15, 0.2) is 30.3 Å². The minimum atomic E-state index is -0.0419. The molecule has 2 heterocycles. The number of carbonyl (C=O) groups is 2. The van der Waals surface area contributed by atoms with Crippen LogP contribution in [0.2, 0.25) is 0 Å². The van der Waals surface area contributed by atoms with Crippen LogP contribution < -0.4 is 5.32 Å². The Morgan fingerprint density at radius 2 is 2.08 bits per heavy atom. The molecule has 0 aliphatic carbocycles. The maximum Gasteiger partial charge on any atom is 0.310 e. The zero-order chi connectivity index (χ0) is 18.2. The van der Waals surface area contributed by atoms with Gasteiger partial charge in [0.1, 0.15) is 0 Å². The smallest absolute Gasteiger partial charge is 0.310 e. The number of aryl methyl sites for hydroxylation is 1. The Morgan fingerprint density at radius 3 is 2.72 bits per heavy atom. The van der Waals surface area contributed by atoms with Gasteiger partial charge in [0.25, 0.3) is 0 Å². The van der Waals surface area contributed by atoms with Crippen molar-refractivity contribution in [3.8, 4) is 0 Å². The third kappa shape index (κ3) is 5.36.